The number of fused-ring (bicyclic) bond motifs is 1. The smallest absolute Gasteiger partial charge is 0.122 e. The molecule has 0 radical (unpaired) electrons. The molecular weight excluding hydrogens is 192 g/mol. The van der Waals surface area contributed by atoms with E-state index in [9.17, 15) is 0 Å². The molecule has 4 nitrogen and oxygen atoms in total. The van der Waals surface area contributed by atoms with Gasteiger partial charge >= 0.3 is 0 Å². The van der Waals surface area contributed by atoms with Crippen LogP contribution in [0.4, 0.5) is 0 Å². The number of methoxy groups -OCH3 is 1. The third-order valence-corrected chi connectivity index (χ3v) is 2.78. The Hall–Kier alpha value is -1.10. The van der Waals surface area contributed by atoms with Crippen molar-refractivity contribution < 1.29 is 9.47 Å². The molecule has 0 spiro atoms. The van der Waals surface area contributed by atoms with E-state index in [-0.39, 0.29) is 12.0 Å². The molecule has 1 aromatic rings. The number of para-hydroxylation sites is 1. The van der Waals surface area contributed by atoms with Crippen LogP contribution in [0.1, 0.15) is 11.5 Å². The molecule has 0 saturated carbocycles. The molecule has 4 heteroatoms. The topological polar surface area (TPSA) is 56.5 Å². The highest BCUT2D eigenvalue weighted by atomic mass is 16.5. The lowest BCUT2D eigenvalue weighted by atomic mass is 9.94. The van der Waals surface area contributed by atoms with Gasteiger partial charge in [0.2, 0.25) is 0 Å². The average Bonchev–Trinajstić information content (AvgIpc) is 2.70. The lowest BCUT2D eigenvalue weighted by Crippen LogP contribution is -2.43. The van der Waals surface area contributed by atoms with Crippen molar-refractivity contribution in [2.45, 2.75) is 12.0 Å². The molecule has 1 aromatic carbocycles. The Bertz CT molecular complexity index is 330. The molecule has 2 unspecified atom stereocenters. The van der Waals surface area contributed by atoms with Gasteiger partial charge in [0, 0.05) is 18.6 Å². The summed E-state index contributed by atoms with van der Waals surface area (Å²) in [6.07, 6.45) is 0. The van der Waals surface area contributed by atoms with Gasteiger partial charge in [0.1, 0.15) is 5.75 Å². The minimum atomic E-state index is 0.0960. The first-order chi connectivity index (χ1) is 7.36. The van der Waals surface area contributed by atoms with Gasteiger partial charge in [-0.15, -0.1) is 0 Å². The first-order valence-electron chi connectivity index (χ1n) is 5.03. The van der Waals surface area contributed by atoms with Gasteiger partial charge in [-0.2, -0.15) is 0 Å². The van der Waals surface area contributed by atoms with Crippen molar-refractivity contribution in [3.8, 4) is 5.75 Å². The van der Waals surface area contributed by atoms with Crippen molar-refractivity contribution >= 4 is 0 Å². The number of rotatable bonds is 4. The maximum Gasteiger partial charge on any atom is 0.122 e. The van der Waals surface area contributed by atoms with Gasteiger partial charge in [0.15, 0.2) is 0 Å². The Labute approximate surface area is 89.3 Å². The van der Waals surface area contributed by atoms with Crippen LogP contribution in [0, 0.1) is 0 Å². The van der Waals surface area contributed by atoms with Gasteiger partial charge < -0.3 is 9.47 Å². The summed E-state index contributed by atoms with van der Waals surface area (Å²) in [5.74, 6) is 6.74. The van der Waals surface area contributed by atoms with Crippen LogP contribution >= 0.6 is 0 Å². The predicted molar refractivity (Wildman–Crippen MR) is 57.7 cm³/mol. The van der Waals surface area contributed by atoms with Crippen molar-refractivity contribution in [3.63, 3.8) is 0 Å². The van der Waals surface area contributed by atoms with Crippen molar-refractivity contribution in [1.29, 1.82) is 0 Å². The maximum atomic E-state index is 5.59. The molecule has 1 aliphatic rings. The molecule has 2 rings (SSSR count). The lowest BCUT2D eigenvalue weighted by molar-refractivity contribution is 0.148. The van der Waals surface area contributed by atoms with Crippen LogP contribution in [0.15, 0.2) is 24.3 Å². The van der Waals surface area contributed by atoms with E-state index in [1.54, 1.807) is 7.11 Å². The van der Waals surface area contributed by atoms with E-state index in [1.165, 1.54) is 5.56 Å². The highest BCUT2D eigenvalue weighted by Gasteiger charge is 2.30. The molecule has 1 aliphatic heterocycles. The predicted octanol–water partition coefficient (Wildman–Crippen LogP) is 0.641. The second-order valence-electron chi connectivity index (χ2n) is 3.68. The fourth-order valence-electron chi connectivity index (χ4n) is 1.98. The lowest BCUT2D eigenvalue weighted by Gasteiger charge is -2.20. The Morgan fingerprint density at radius 3 is 3.13 bits per heavy atom. The number of hydrogen-bond acceptors (Lipinski definition) is 4. The number of ether oxygens (including phenoxy) is 2. The van der Waals surface area contributed by atoms with Gasteiger partial charge in [0.05, 0.1) is 19.3 Å². The maximum absolute atomic E-state index is 5.59. The van der Waals surface area contributed by atoms with Crippen LogP contribution in [0.25, 0.3) is 0 Å². The molecule has 0 amide bonds. The third-order valence-electron chi connectivity index (χ3n) is 2.78. The molecule has 1 heterocycles. The van der Waals surface area contributed by atoms with Crippen LogP contribution in [0.3, 0.4) is 0 Å². The van der Waals surface area contributed by atoms with Gasteiger partial charge in [-0.3, -0.25) is 11.3 Å². The molecule has 15 heavy (non-hydrogen) atoms. The minimum Gasteiger partial charge on any atom is -0.493 e. The Kier molecular flexibility index (Phi) is 3.20. The zero-order valence-corrected chi connectivity index (χ0v) is 8.77. The normalized spacial score (nSPS) is 20.8. The monoisotopic (exact) mass is 208 g/mol. The fourth-order valence-corrected chi connectivity index (χ4v) is 1.98. The quantitative estimate of drug-likeness (QED) is 0.563. The van der Waals surface area contributed by atoms with E-state index in [0.717, 1.165) is 5.75 Å². The zero-order valence-electron chi connectivity index (χ0n) is 8.77. The summed E-state index contributed by atoms with van der Waals surface area (Å²) in [6.45, 7) is 1.25. The molecule has 0 aromatic heterocycles. The van der Waals surface area contributed by atoms with Crippen LogP contribution in [-0.2, 0) is 4.74 Å². The largest absolute Gasteiger partial charge is 0.493 e. The van der Waals surface area contributed by atoms with E-state index in [2.05, 4.69) is 11.5 Å². The van der Waals surface area contributed by atoms with E-state index in [4.69, 9.17) is 15.3 Å². The Morgan fingerprint density at radius 2 is 2.40 bits per heavy atom. The molecule has 0 bridgehead atoms. The average molecular weight is 208 g/mol. The van der Waals surface area contributed by atoms with Crippen LogP contribution in [0.2, 0.25) is 0 Å². The van der Waals surface area contributed by atoms with E-state index in [0.29, 0.717) is 13.2 Å². The van der Waals surface area contributed by atoms with Crippen LogP contribution in [0.5, 0.6) is 5.75 Å². The standard InChI is InChI=1S/C11H16N2O2/c1-14-7-10(13-12)9-6-15-11-5-3-2-4-8(9)11/h2-5,9-10,13H,6-7,12H2,1H3. The van der Waals surface area contributed by atoms with Crippen molar-refractivity contribution in [2.24, 2.45) is 5.84 Å². The van der Waals surface area contributed by atoms with Crippen molar-refractivity contribution in [3.05, 3.63) is 29.8 Å². The molecule has 2 atom stereocenters. The van der Waals surface area contributed by atoms with E-state index >= 15 is 0 Å². The summed E-state index contributed by atoms with van der Waals surface area (Å²) in [6, 6.07) is 8.14. The van der Waals surface area contributed by atoms with E-state index < -0.39 is 0 Å². The number of hydrazine groups is 1. The molecule has 82 valence electrons. The molecular formula is C11H16N2O2. The second-order valence-corrected chi connectivity index (χ2v) is 3.68. The molecule has 0 saturated heterocycles. The summed E-state index contributed by atoms with van der Waals surface area (Å²) in [4.78, 5) is 0. The summed E-state index contributed by atoms with van der Waals surface area (Å²) in [5, 5.41) is 0. The fraction of sp³-hybridized carbons (Fsp3) is 0.455. The highest BCUT2D eigenvalue weighted by molar-refractivity contribution is 5.40. The van der Waals surface area contributed by atoms with Crippen molar-refractivity contribution in [2.75, 3.05) is 20.3 Å². The third kappa shape index (κ3) is 1.97. The summed E-state index contributed by atoms with van der Waals surface area (Å²) in [7, 11) is 1.67. The summed E-state index contributed by atoms with van der Waals surface area (Å²) >= 11 is 0. The van der Waals surface area contributed by atoms with Gasteiger partial charge in [0.25, 0.3) is 0 Å². The van der Waals surface area contributed by atoms with Crippen LogP contribution in [-0.4, -0.2) is 26.4 Å². The first-order valence-corrected chi connectivity index (χ1v) is 5.03. The first kappa shape index (κ1) is 10.4. The number of nitrogens with one attached hydrogen (secondary N) is 1. The van der Waals surface area contributed by atoms with E-state index in [1.807, 2.05) is 18.2 Å². The van der Waals surface area contributed by atoms with Gasteiger partial charge in [-0.1, -0.05) is 18.2 Å². The second kappa shape index (κ2) is 4.61. The minimum absolute atomic E-state index is 0.0960. The number of benzene rings is 1. The van der Waals surface area contributed by atoms with Crippen LogP contribution < -0.4 is 16.0 Å². The summed E-state index contributed by atoms with van der Waals surface area (Å²) in [5.41, 5.74) is 3.99. The van der Waals surface area contributed by atoms with Gasteiger partial charge in [-0.05, 0) is 6.07 Å². The number of nitrogens with two attached hydrogens (primary N) is 1. The number of hydrogen-bond donors (Lipinski definition) is 2. The zero-order chi connectivity index (χ0) is 10.7. The highest BCUT2D eigenvalue weighted by Crippen LogP contribution is 2.35. The molecule has 0 aliphatic carbocycles. The Morgan fingerprint density at radius 1 is 1.60 bits per heavy atom. The molecule has 3 N–H and O–H groups in total. The SMILES string of the molecule is COCC(NN)C1COc2ccccc21. The molecule has 0 fully saturated rings. The van der Waals surface area contributed by atoms with Crippen molar-refractivity contribution in [1.82, 2.24) is 5.43 Å². The Balaban J connectivity index is 2.18. The van der Waals surface area contributed by atoms with Gasteiger partial charge in [-0.25, -0.2) is 0 Å². The summed E-state index contributed by atoms with van der Waals surface area (Å²) < 4.78 is 10.7.